The fourth-order valence-corrected chi connectivity index (χ4v) is 4.25. The maximum atomic E-state index is 12.3. The monoisotopic (exact) mass is 307 g/mol. The highest BCUT2D eigenvalue weighted by atomic mass is 32.2. The SMILES string of the molecule is O=C(S[C@]12CC[C@@H](O)[C@H]1C(=O)NC2=O)c1ccc(O)cc1. The molecule has 2 fully saturated rings. The number of rotatable bonds is 2. The van der Waals surface area contributed by atoms with Crippen molar-refractivity contribution < 1.29 is 24.6 Å². The van der Waals surface area contributed by atoms with Crippen LogP contribution < -0.4 is 5.32 Å². The lowest BCUT2D eigenvalue weighted by Gasteiger charge is -2.23. The van der Waals surface area contributed by atoms with Gasteiger partial charge < -0.3 is 10.2 Å². The number of phenols is 1. The van der Waals surface area contributed by atoms with Crippen LogP contribution in [0.15, 0.2) is 24.3 Å². The summed E-state index contributed by atoms with van der Waals surface area (Å²) in [7, 11) is 0. The second-order valence-electron chi connectivity index (χ2n) is 5.23. The molecule has 1 aromatic rings. The van der Waals surface area contributed by atoms with E-state index >= 15 is 0 Å². The van der Waals surface area contributed by atoms with Gasteiger partial charge >= 0.3 is 0 Å². The minimum atomic E-state index is -1.22. The maximum absolute atomic E-state index is 12.3. The van der Waals surface area contributed by atoms with Crippen LogP contribution in [0.1, 0.15) is 23.2 Å². The number of carbonyl (C=O) groups is 3. The molecule has 2 amide bonds. The number of imide groups is 1. The molecule has 21 heavy (non-hydrogen) atoms. The molecular weight excluding hydrogens is 294 g/mol. The van der Waals surface area contributed by atoms with Crippen molar-refractivity contribution in [2.45, 2.75) is 23.7 Å². The third-order valence-corrected chi connectivity index (χ3v) is 5.41. The number of aromatic hydroxyl groups is 1. The highest BCUT2D eigenvalue weighted by molar-refractivity contribution is 8.16. The van der Waals surface area contributed by atoms with E-state index in [0.717, 1.165) is 11.8 Å². The molecule has 3 rings (SSSR count). The van der Waals surface area contributed by atoms with Crippen LogP contribution in [0.4, 0.5) is 0 Å². The highest BCUT2D eigenvalue weighted by Gasteiger charge is 2.63. The lowest BCUT2D eigenvalue weighted by molar-refractivity contribution is -0.127. The molecule has 110 valence electrons. The molecule has 3 N–H and O–H groups in total. The molecule has 1 aromatic carbocycles. The molecule has 0 aromatic heterocycles. The van der Waals surface area contributed by atoms with Gasteiger partial charge in [0.2, 0.25) is 16.9 Å². The van der Waals surface area contributed by atoms with E-state index in [9.17, 15) is 24.6 Å². The molecule has 1 aliphatic carbocycles. The number of nitrogens with one attached hydrogen (secondary N) is 1. The number of benzene rings is 1. The summed E-state index contributed by atoms with van der Waals surface area (Å²) in [5.74, 6) is -1.86. The zero-order chi connectivity index (χ0) is 15.2. The number of thioether (sulfide) groups is 1. The van der Waals surface area contributed by atoms with Gasteiger partial charge in [0.15, 0.2) is 0 Å². The van der Waals surface area contributed by atoms with Gasteiger partial charge in [-0.3, -0.25) is 19.7 Å². The minimum absolute atomic E-state index is 0.0395. The molecule has 1 aliphatic heterocycles. The van der Waals surface area contributed by atoms with E-state index in [-0.39, 0.29) is 17.3 Å². The topological polar surface area (TPSA) is 104 Å². The Morgan fingerprint density at radius 3 is 2.62 bits per heavy atom. The first-order valence-electron chi connectivity index (χ1n) is 6.50. The van der Waals surface area contributed by atoms with Crippen LogP contribution in [0.2, 0.25) is 0 Å². The molecule has 6 nitrogen and oxygen atoms in total. The van der Waals surface area contributed by atoms with Crippen molar-refractivity contribution in [2.24, 2.45) is 5.92 Å². The van der Waals surface area contributed by atoms with Crippen LogP contribution in [0.3, 0.4) is 0 Å². The first-order valence-corrected chi connectivity index (χ1v) is 7.31. The summed E-state index contributed by atoms with van der Waals surface area (Å²) in [6, 6.07) is 5.67. The van der Waals surface area contributed by atoms with Crippen molar-refractivity contribution >= 4 is 28.7 Å². The average Bonchev–Trinajstić information content (AvgIpc) is 2.88. The molecule has 1 saturated carbocycles. The van der Waals surface area contributed by atoms with Crippen LogP contribution in [-0.4, -0.2) is 38.0 Å². The lowest BCUT2D eigenvalue weighted by Crippen LogP contribution is -2.38. The Kier molecular flexibility index (Phi) is 3.26. The van der Waals surface area contributed by atoms with Crippen molar-refractivity contribution in [2.75, 3.05) is 0 Å². The first-order chi connectivity index (χ1) is 9.94. The number of aliphatic hydroxyl groups is 1. The van der Waals surface area contributed by atoms with Crippen molar-refractivity contribution in [3.05, 3.63) is 29.8 Å². The molecule has 0 unspecified atom stereocenters. The molecule has 0 radical (unpaired) electrons. The number of carbonyl (C=O) groups excluding carboxylic acids is 3. The Balaban J connectivity index is 1.89. The van der Waals surface area contributed by atoms with Crippen LogP contribution in [0.25, 0.3) is 0 Å². The summed E-state index contributed by atoms with van der Waals surface area (Å²) in [6.07, 6.45) is -0.304. The number of amides is 2. The Morgan fingerprint density at radius 2 is 1.95 bits per heavy atom. The predicted molar refractivity (Wildman–Crippen MR) is 74.6 cm³/mol. The maximum Gasteiger partial charge on any atom is 0.244 e. The van der Waals surface area contributed by atoms with Gasteiger partial charge in [-0.15, -0.1) is 0 Å². The van der Waals surface area contributed by atoms with E-state index in [2.05, 4.69) is 5.32 Å². The predicted octanol–water partition coefficient (Wildman–Crippen LogP) is 0.432. The normalized spacial score (nSPS) is 31.1. The first kappa shape index (κ1) is 14.1. The number of aliphatic hydroxyl groups excluding tert-OH is 1. The molecular formula is C14H13NO5S. The van der Waals surface area contributed by atoms with Crippen molar-refractivity contribution in [3.8, 4) is 5.75 Å². The van der Waals surface area contributed by atoms with E-state index < -0.39 is 28.6 Å². The fraction of sp³-hybridized carbons (Fsp3) is 0.357. The number of phenolic OH excluding ortho intramolecular Hbond substituents is 1. The van der Waals surface area contributed by atoms with Crippen LogP contribution in [0.5, 0.6) is 5.75 Å². The van der Waals surface area contributed by atoms with Crippen molar-refractivity contribution in [3.63, 3.8) is 0 Å². The zero-order valence-electron chi connectivity index (χ0n) is 10.9. The smallest absolute Gasteiger partial charge is 0.244 e. The number of hydrogen-bond acceptors (Lipinski definition) is 6. The van der Waals surface area contributed by atoms with Gasteiger partial charge in [-0.1, -0.05) is 11.8 Å². The summed E-state index contributed by atoms with van der Waals surface area (Å²) in [4.78, 5) is 36.2. The summed E-state index contributed by atoms with van der Waals surface area (Å²) in [5.41, 5.74) is 0.333. The van der Waals surface area contributed by atoms with Crippen LogP contribution in [0, 0.1) is 5.92 Å². The third-order valence-electron chi connectivity index (χ3n) is 3.98. The number of hydrogen-bond donors (Lipinski definition) is 3. The molecule has 3 atom stereocenters. The second kappa shape index (κ2) is 4.85. The van der Waals surface area contributed by atoms with Gasteiger partial charge in [-0.25, -0.2) is 0 Å². The van der Waals surface area contributed by atoms with E-state index in [0.29, 0.717) is 12.0 Å². The highest BCUT2D eigenvalue weighted by Crippen LogP contribution is 2.50. The van der Waals surface area contributed by atoms with E-state index in [1.807, 2.05) is 0 Å². The molecule has 1 heterocycles. The van der Waals surface area contributed by atoms with Gasteiger partial charge in [-0.2, -0.15) is 0 Å². The van der Waals surface area contributed by atoms with E-state index in [4.69, 9.17) is 0 Å². The molecule has 0 spiro atoms. The average molecular weight is 307 g/mol. The lowest BCUT2D eigenvalue weighted by atomic mass is 9.97. The fourth-order valence-electron chi connectivity index (χ4n) is 2.91. The van der Waals surface area contributed by atoms with Gasteiger partial charge in [0.05, 0.1) is 12.0 Å². The molecule has 7 heteroatoms. The Hall–Kier alpha value is -1.86. The standard InChI is InChI=1S/C14H13NO5S/c16-8-3-1-7(2-4-8)12(19)21-14-6-5-9(17)10(14)11(18)15-13(14)20/h1-4,9-10,16-17H,5-6H2,(H,15,18,20)/t9-,10+,14-/m1/s1. The molecule has 0 bridgehead atoms. The molecule has 2 aliphatic rings. The van der Waals surface area contributed by atoms with E-state index in [1.165, 1.54) is 24.3 Å². The third kappa shape index (κ3) is 2.13. The van der Waals surface area contributed by atoms with Gasteiger partial charge in [0.1, 0.15) is 10.5 Å². The number of fused-ring (bicyclic) bond motifs is 1. The Morgan fingerprint density at radius 1 is 1.29 bits per heavy atom. The van der Waals surface area contributed by atoms with Crippen LogP contribution in [-0.2, 0) is 9.59 Å². The second-order valence-corrected chi connectivity index (χ2v) is 6.53. The summed E-state index contributed by atoms with van der Waals surface area (Å²) in [6.45, 7) is 0. The minimum Gasteiger partial charge on any atom is -0.508 e. The summed E-state index contributed by atoms with van der Waals surface area (Å²) >= 11 is 0.786. The van der Waals surface area contributed by atoms with Crippen LogP contribution >= 0.6 is 11.8 Å². The van der Waals surface area contributed by atoms with E-state index in [1.54, 1.807) is 0 Å². The van der Waals surface area contributed by atoms with Gasteiger partial charge in [-0.05, 0) is 37.1 Å². The Bertz CT molecular complexity index is 629. The summed E-state index contributed by atoms with van der Waals surface area (Å²) in [5, 5.41) is 21.0. The molecule has 1 saturated heterocycles. The van der Waals surface area contributed by atoms with Gasteiger partial charge in [0, 0.05) is 5.56 Å². The zero-order valence-corrected chi connectivity index (χ0v) is 11.7. The van der Waals surface area contributed by atoms with Crippen molar-refractivity contribution in [1.29, 1.82) is 0 Å². The van der Waals surface area contributed by atoms with Crippen molar-refractivity contribution in [1.82, 2.24) is 5.32 Å². The Labute approximate surface area is 124 Å². The van der Waals surface area contributed by atoms with Gasteiger partial charge in [0.25, 0.3) is 0 Å². The largest absolute Gasteiger partial charge is 0.508 e. The summed E-state index contributed by atoms with van der Waals surface area (Å²) < 4.78 is -1.22. The quantitative estimate of drug-likeness (QED) is 0.685.